The zero-order valence-electron chi connectivity index (χ0n) is 18.4. The maximum atomic E-state index is 6.06. The lowest BCUT2D eigenvalue weighted by molar-refractivity contribution is 0.269. The van der Waals surface area contributed by atoms with Crippen LogP contribution in [0.5, 0.6) is 28.7 Å². The van der Waals surface area contributed by atoms with Crippen LogP contribution in [0.15, 0.2) is 60.7 Å². The summed E-state index contributed by atoms with van der Waals surface area (Å²) >= 11 is 0. The number of hydrogen-bond acceptors (Lipinski definition) is 5. The molecular formula is C26H28O5. The van der Waals surface area contributed by atoms with Crippen LogP contribution in [0.1, 0.15) is 23.6 Å². The molecule has 5 heteroatoms. The van der Waals surface area contributed by atoms with E-state index in [9.17, 15) is 0 Å². The van der Waals surface area contributed by atoms with Crippen molar-refractivity contribution in [2.24, 2.45) is 0 Å². The van der Waals surface area contributed by atoms with Crippen molar-refractivity contribution >= 4 is 12.2 Å². The van der Waals surface area contributed by atoms with Crippen LogP contribution in [0, 0.1) is 0 Å². The standard InChI is InChI=1S/C26H28O5/c1-5-30-22-14-13-19(15-23(22)31-18-20-9-7-6-8-10-20)11-12-21-16-24(27-2)26(29-4)25(17-21)28-3/h6-17H,5,18H2,1-4H3/b12-11-. The fourth-order valence-electron chi connectivity index (χ4n) is 3.14. The fraction of sp³-hybridized carbons (Fsp3) is 0.231. The molecular weight excluding hydrogens is 392 g/mol. The van der Waals surface area contributed by atoms with E-state index in [0.29, 0.717) is 36.2 Å². The SMILES string of the molecule is CCOc1ccc(/C=C\c2cc(OC)c(OC)c(OC)c2)cc1OCc1ccccc1. The molecule has 0 aliphatic carbocycles. The zero-order chi connectivity index (χ0) is 22.1. The summed E-state index contributed by atoms with van der Waals surface area (Å²) < 4.78 is 28.0. The van der Waals surface area contributed by atoms with Gasteiger partial charge in [0, 0.05) is 0 Å². The Bertz CT molecular complexity index is 987. The second kappa shape index (κ2) is 11.0. The molecule has 3 aromatic carbocycles. The Morgan fingerprint density at radius 2 is 1.29 bits per heavy atom. The summed E-state index contributed by atoms with van der Waals surface area (Å²) in [6, 6.07) is 19.8. The molecule has 0 aromatic heterocycles. The Labute approximate surface area is 183 Å². The number of methoxy groups -OCH3 is 3. The van der Waals surface area contributed by atoms with Gasteiger partial charge in [-0.15, -0.1) is 0 Å². The molecule has 31 heavy (non-hydrogen) atoms. The highest BCUT2D eigenvalue weighted by atomic mass is 16.5. The molecule has 0 radical (unpaired) electrons. The largest absolute Gasteiger partial charge is 0.493 e. The van der Waals surface area contributed by atoms with Gasteiger partial charge in [-0.2, -0.15) is 0 Å². The molecule has 0 spiro atoms. The van der Waals surface area contributed by atoms with Crippen molar-refractivity contribution in [1.29, 1.82) is 0 Å². The summed E-state index contributed by atoms with van der Waals surface area (Å²) in [4.78, 5) is 0. The van der Waals surface area contributed by atoms with Crippen molar-refractivity contribution in [3.05, 3.63) is 77.4 Å². The maximum Gasteiger partial charge on any atom is 0.203 e. The second-order valence-electron chi connectivity index (χ2n) is 6.71. The van der Waals surface area contributed by atoms with Gasteiger partial charge in [-0.3, -0.25) is 0 Å². The molecule has 3 rings (SSSR count). The lowest BCUT2D eigenvalue weighted by Gasteiger charge is -2.13. The minimum absolute atomic E-state index is 0.473. The molecule has 0 amide bonds. The maximum absolute atomic E-state index is 6.06. The average molecular weight is 421 g/mol. The first-order chi connectivity index (χ1) is 15.2. The predicted molar refractivity (Wildman–Crippen MR) is 123 cm³/mol. The zero-order valence-corrected chi connectivity index (χ0v) is 18.4. The summed E-state index contributed by atoms with van der Waals surface area (Å²) in [6.45, 7) is 3.00. The molecule has 0 aliphatic rings. The highest BCUT2D eigenvalue weighted by molar-refractivity contribution is 5.73. The van der Waals surface area contributed by atoms with Gasteiger partial charge in [0.2, 0.25) is 5.75 Å². The molecule has 3 aromatic rings. The summed E-state index contributed by atoms with van der Waals surface area (Å²) in [6.07, 6.45) is 3.99. The van der Waals surface area contributed by atoms with Crippen molar-refractivity contribution < 1.29 is 23.7 Å². The van der Waals surface area contributed by atoms with Crippen molar-refractivity contribution in [3.63, 3.8) is 0 Å². The minimum atomic E-state index is 0.473. The first kappa shape index (κ1) is 22.1. The summed E-state index contributed by atoms with van der Waals surface area (Å²) in [7, 11) is 4.80. The number of hydrogen-bond donors (Lipinski definition) is 0. The van der Waals surface area contributed by atoms with Gasteiger partial charge < -0.3 is 23.7 Å². The molecule has 162 valence electrons. The van der Waals surface area contributed by atoms with Crippen molar-refractivity contribution in [2.45, 2.75) is 13.5 Å². The Balaban J connectivity index is 1.85. The number of benzene rings is 3. The molecule has 5 nitrogen and oxygen atoms in total. The van der Waals surface area contributed by atoms with Crippen LogP contribution in [0.3, 0.4) is 0 Å². The molecule has 0 fully saturated rings. The smallest absolute Gasteiger partial charge is 0.203 e. The van der Waals surface area contributed by atoms with Crippen molar-refractivity contribution in [1.82, 2.24) is 0 Å². The van der Waals surface area contributed by atoms with Gasteiger partial charge in [0.05, 0.1) is 27.9 Å². The predicted octanol–water partition coefficient (Wildman–Crippen LogP) is 5.86. The highest BCUT2D eigenvalue weighted by Gasteiger charge is 2.12. The third-order valence-corrected chi connectivity index (χ3v) is 4.66. The second-order valence-corrected chi connectivity index (χ2v) is 6.71. The van der Waals surface area contributed by atoms with E-state index in [1.54, 1.807) is 21.3 Å². The fourth-order valence-corrected chi connectivity index (χ4v) is 3.14. The van der Waals surface area contributed by atoms with E-state index in [0.717, 1.165) is 22.4 Å². The average Bonchev–Trinajstić information content (AvgIpc) is 2.82. The Morgan fingerprint density at radius 3 is 1.90 bits per heavy atom. The van der Waals surface area contributed by atoms with Gasteiger partial charge in [0.15, 0.2) is 23.0 Å². The molecule has 0 saturated heterocycles. The van der Waals surface area contributed by atoms with Crippen LogP contribution in [0.25, 0.3) is 12.2 Å². The highest BCUT2D eigenvalue weighted by Crippen LogP contribution is 2.38. The molecule has 0 atom stereocenters. The molecule has 0 heterocycles. The number of rotatable bonds is 10. The Kier molecular flexibility index (Phi) is 7.82. The lowest BCUT2D eigenvalue weighted by atomic mass is 10.1. The van der Waals surface area contributed by atoms with Crippen LogP contribution >= 0.6 is 0 Å². The van der Waals surface area contributed by atoms with Gasteiger partial charge in [0.25, 0.3) is 0 Å². The normalized spacial score (nSPS) is 10.7. The van der Waals surface area contributed by atoms with Crippen LogP contribution < -0.4 is 23.7 Å². The van der Waals surface area contributed by atoms with E-state index in [1.807, 2.05) is 79.7 Å². The minimum Gasteiger partial charge on any atom is -0.493 e. The third kappa shape index (κ3) is 5.72. The van der Waals surface area contributed by atoms with Gasteiger partial charge in [-0.25, -0.2) is 0 Å². The van der Waals surface area contributed by atoms with Gasteiger partial charge in [0.1, 0.15) is 6.61 Å². The van der Waals surface area contributed by atoms with E-state index in [4.69, 9.17) is 23.7 Å². The number of ether oxygens (including phenoxy) is 5. The van der Waals surface area contributed by atoms with Crippen LogP contribution in [-0.4, -0.2) is 27.9 Å². The van der Waals surface area contributed by atoms with Gasteiger partial charge >= 0.3 is 0 Å². The monoisotopic (exact) mass is 420 g/mol. The summed E-state index contributed by atoms with van der Waals surface area (Å²) in [5, 5.41) is 0. The first-order valence-electron chi connectivity index (χ1n) is 10.1. The molecule has 0 saturated carbocycles. The third-order valence-electron chi connectivity index (χ3n) is 4.66. The van der Waals surface area contributed by atoms with E-state index < -0.39 is 0 Å². The van der Waals surface area contributed by atoms with Gasteiger partial charge in [-0.05, 0) is 47.9 Å². The van der Waals surface area contributed by atoms with E-state index >= 15 is 0 Å². The van der Waals surface area contributed by atoms with E-state index in [2.05, 4.69) is 0 Å². The van der Waals surface area contributed by atoms with E-state index in [-0.39, 0.29) is 0 Å². The lowest BCUT2D eigenvalue weighted by Crippen LogP contribution is -1.99. The van der Waals surface area contributed by atoms with Crippen molar-refractivity contribution in [2.75, 3.05) is 27.9 Å². The molecule has 0 N–H and O–H groups in total. The Morgan fingerprint density at radius 1 is 0.645 bits per heavy atom. The van der Waals surface area contributed by atoms with Crippen LogP contribution in [0.4, 0.5) is 0 Å². The van der Waals surface area contributed by atoms with Gasteiger partial charge in [-0.1, -0.05) is 48.6 Å². The molecule has 0 unspecified atom stereocenters. The van der Waals surface area contributed by atoms with Crippen LogP contribution in [-0.2, 0) is 6.61 Å². The summed E-state index contributed by atoms with van der Waals surface area (Å²) in [5.74, 6) is 3.22. The molecule has 0 bridgehead atoms. The van der Waals surface area contributed by atoms with Crippen LogP contribution in [0.2, 0.25) is 0 Å². The summed E-state index contributed by atoms with van der Waals surface area (Å²) in [5.41, 5.74) is 3.01. The Hall–Kier alpha value is -3.60. The topological polar surface area (TPSA) is 46.2 Å². The first-order valence-corrected chi connectivity index (χ1v) is 10.1. The van der Waals surface area contributed by atoms with Crippen molar-refractivity contribution in [3.8, 4) is 28.7 Å². The molecule has 0 aliphatic heterocycles. The van der Waals surface area contributed by atoms with E-state index in [1.165, 1.54) is 0 Å². The quantitative estimate of drug-likeness (QED) is 0.385.